The highest BCUT2D eigenvalue weighted by Gasteiger charge is 2.42. The Morgan fingerprint density at radius 2 is 2.06 bits per heavy atom. The molecule has 2 aromatic carbocycles. The van der Waals surface area contributed by atoms with Gasteiger partial charge in [0, 0.05) is 26.0 Å². The van der Waals surface area contributed by atoms with Gasteiger partial charge in [0.05, 0.1) is 12.8 Å². The van der Waals surface area contributed by atoms with E-state index in [0.717, 1.165) is 49.5 Å². The van der Waals surface area contributed by atoms with Gasteiger partial charge in [-0.25, -0.2) is 4.68 Å². The number of ether oxygens (including phenoxy) is 2. The molecule has 0 bridgehead atoms. The lowest BCUT2D eigenvalue weighted by molar-refractivity contribution is 0.218. The Morgan fingerprint density at radius 3 is 2.85 bits per heavy atom. The van der Waals surface area contributed by atoms with Gasteiger partial charge in [0.15, 0.2) is 6.10 Å². The number of anilines is 1. The van der Waals surface area contributed by atoms with Crippen molar-refractivity contribution in [2.45, 2.75) is 17.3 Å². The Bertz CT molecular complexity index is 1380. The van der Waals surface area contributed by atoms with Crippen LogP contribution in [-0.4, -0.2) is 28.1 Å². The van der Waals surface area contributed by atoms with E-state index in [9.17, 15) is 0 Å². The Morgan fingerprint density at radius 1 is 1.18 bits per heavy atom. The number of thiophene rings is 1. The van der Waals surface area contributed by atoms with Gasteiger partial charge < -0.3 is 14.8 Å². The molecule has 33 heavy (non-hydrogen) atoms. The lowest BCUT2D eigenvalue weighted by atomic mass is 9.86. The number of benzene rings is 2. The van der Waals surface area contributed by atoms with E-state index in [1.165, 1.54) is 16.6 Å². The van der Waals surface area contributed by atoms with Crippen molar-refractivity contribution in [3.05, 3.63) is 86.0 Å². The summed E-state index contributed by atoms with van der Waals surface area (Å²) >= 11 is 6.87. The fourth-order valence-corrected chi connectivity index (χ4v) is 5.99. The van der Waals surface area contributed by atoms with E-state index in [2.05, 4.69) is 50.9 Å². The molecule has 4 heterocycles. The van der Waals surface area contributed by atoms with Gasteiger partial charge in [0.2, 0.25) is 11.1 Å². The molecule has 0 radical (unpaired) electrons. The molecule has 2 aliphatic heterocycles. The van der Waals surface area contributed by atoms with Crippen molar-refractivity contribution < 1.29 is 9.47 Å². The van der Waals surface area contributed by atoms with Crippen LogP contribution in [0, 0.1) is 0 Å². The summed E-state index contributed by atoms with van der Waals surface area (Å²) in [4.78, 5) is 5.91. The molecule has 0 fully saturated rings. The molecule has 0 unspecified atom stereocenters. The standard InChI is InChI=1S/C24H19BrN4O2S2/c1-30-16-10-9-13(25)12-15(16)22-19-20(14-6-3-4-7-17(14)31-22)26-23-27-24(32-2)28-29(23)21(19)18-8-5-11-33-18/h3-12,21-22H,1-2H3,(H,26,27,28)/t21-,22-/m1/s1. The highest BCUT2D eigenvalue weighted by Crippen LogP contribution is 2.52. The van der Waals surface area contributed by atoms with E-state index < -0.39 is 0 Å². The fourth-order valence-electron chi connectivity index (χ4n) is 4.43. The van der Waals surface area contributed by atoms with Gasteiger partial charge in [-0.1, -0.05) is 45.9 Å². The largest absolute Gasteiger partial charge is 0.496 e. The SMILES string of the molecule is COc1ccc(Br)cc1[C@H]1Oc2ccccc2C2=C1[C@@H](c1cccs1)n1nc(SC)nc1N2. The monoisotopic (exact) mass is 538 g/mol. The van der Waals surface area contributed by atoms with Crippen LogP contribution >= 0.6 is 39.0 Å². The average molecular weight is 539 g/mol. The second-order valence-corrected chi connectivity index (χ2v) is 10.3. The van der Waals surface area contributed by atoms with E-state index in [1.54, 1.807) is 18.4 Å². The van der Waals surface area contributed by atoms with E-state index in [1.807, 2.05) is 41.3 Å². The second-order valence-electron chi connectivity index (χ2n) is 7.62. The molecular weight excluding hydrogens is 520 g/mol. The first-order chi connectivity index (χ1) is 16.2. The van der Waals surface area contributed by atoms with Crippen LogP contribution in [0.2, 0.25) is 0 Å². The summed E-state index contributed by atoms with van der Waals surface area (Å²) in [5.41, 5.74) is 4.05. The van der Waals surface area contributed by atoms with Gasteiger partial charge >= 0.3 is 0 Å². The Kier molecular flexibility index (Phi) is 5.20. The smallest absolute Gasteiger partial charge is 0.227 e. The molecule has 2 atom stereocenters. The number of nitrogens with zero attached hydrogens (tertiary/aromatic N) is 3. The Hall–Kier alpha value is -2.75. The van der Waals surface area contributed by atoms with Gasteiger partial charge in [0.1, 0.15) is 17.5 Å². The van der Waals surface area contributed by atoms with Crippen LogP contribution in [0.5, 0.6) is 11.5 Å². The number of para-hydroxylation sites is 1. The molecule has 9 heteroatoms. The Balaban J connectivity index is 1.65. The van der Waals surface area contributed by atoms with E-state index in [4.69, 9.17) is 19.6 Å². The van der Waals surface area contributed by atoms with Crippen molar-refractivity contribution >= 4 is 50.7 Å². The highest BCUT2D eigenvalue weighted by molar-refractivity contribution is 9.10. The van der Waals surface area contributed by atoms with E-state index in [0.29, 0.717) is 0 Å². The molecule has 0 saturated carbocycles. The number of halogens is 1. The first kappa shape index (κ1) is 20.8. The number of rotatable bonds is 4. The van der Waals surface area contributed by atoms with Crippen molar-refractivity contribution in [1.29, 1.82) is 0 Å². The minimum Gasteiger partial charge on any atom is -0.496 e. The van der Waals surface area contributed by atoms with Crippen LogP contribution in [0.4, 0.5) is 5.95 Å². The summed E-state index contributed by atoms with van der Waals surface area (Å²) in [6, 6.07) is 18.2. The molecular formula is C24H19BrN4O2S2. The summed E-state index contributed by atoms with van der Waals surface area (Å²) in [5, 5.41) is 11.2. The third kappa shape index (κ3) is 3.37. The predicted octanol–water partition coefficient (Wildman–Crippen LogP) is 6.39. The average Bonchev–Trinajstić information content (AvgIpc) is 3.52. The molecule has 0 amide bonds. The van der Waals surface area contributed by atoms with E-state index >= 15 is 0 Å². The molecule has 4 aromatic rings. The van der Waals surface area contributed by atoms with Crippen LogP contribution in [0.3, 0.4) is 0 Å². The first-order valence-electron chi connectivity index (χ1n) is 10.3. The maximum Gasteiger partial charge on any atom is 0.227 e. The van der Waals surface area contributed by atoms with Crippen LogP contribution in [0.15, 0.2) is 75.2 Å². The van der Waals surface area contributed by atoms with Gasteiger partial charge in [-0.2, -0.15) is 4.98 Å². The molecule has 6 rings (SSSR count). The van der Waals surface area contributed by atoms with Crippen LogP contribution in [0.25, 0.3) is 5.70 Å². The molecule has 2 aromatic heterocycles. The molecule has 1 N–H and O–H groups in total. The predicted molar refractivity (Wildman–Crippen MR) is 135 cm³/mol. The molecule has 0 aliphatic carbocycles. The number of thioether (sulfide) groups is 1. The first-order valence-corrected chi connectivity index (χ1v) is 13.2. The number of aromatic nitrogens is 3. The minimum absolute atomic E-state index is 0.160. The molecule has 6 nitrogen and oxygen atoms in total. The zero-order valence-corrected chi connectivity index (χ0v) is 21.0. The topological polar surface area (TPSA) is 61.2 Å². The Labute approximate surface area is 207 Å². The normalized spacial score (nSPS) is 18.6. The summed E-state index contributed by atoms with van der Waals surface area (Å²) < 4.78 is 15.4. The van der Waals surface area contributed by atoms with Crippen molar-refractivity contribution in [3.63, 3.8) is 0 Å². The quantitative estimate of drug-likeness (QED) is 0.303. The number of nitrogens with one attached hydrogen (secondary N) is 1. The third-order valence-electron chi connectivity index (χ3n) is 5.83. The number of methoxy groups -OCH3 is 1. The fraction of sp³-hybridized carbons (Fsp3) is 0.167. The number of fused-ring (bicyclic) bond motifs is 3. The van der Waals surface area contributed by atoms with Crippen molar-refractivity contribution in [1.82, 2.24) is 14.8 Å². The van der Waals surface area contributed by atoms with Gasteiger partial charge in [-0.05, 0) is 48.0 Å². The lowest BCUT2D eigenvalue weighted by Crippen LogP contribution is -2.32. The number of hydrogen-bond donors (Lipinski definition) is 1. The maximum atomic E-state index is 6.70. The molecule has 2 aliphatic rings. The van der Waals surface area contributed by atoms with Crippen LogP contribution < -0.4 is 14.8 Å². The van der Waals surface area contributed by atoms with Crippen molar-refractivity contribution in [2.75, 3.05) is 18.7 Å². The highest BCUT2D eigenvalue weighted by atomic mass is 79.9. The summed E-state index contributed by atoms with van der Waals surface area (Å²) in [6.45, 7) is 0. The lowest BCUT2D eigenvalue weighted by Gasteiger charge is -2.38. The van der Waals surface area contributed by atoms with Crippen molar-refractivity contribution in [3.8, 4) is 11.5 Å². The zero-order chi connectivity index (χ0) is 22.5. The second kappa shape index (κ2) is 8.23. The number of hydrogen-bond acceptors (Lipinski definition) is 7. The molecule has 0 spiro atoms. The zero-order valence-electron chi connectivity index (χ0n) is 17.8. The summed E-state index contributed by atoms with van der Waals surface area (Å²) in [6.07, 6.45) is 1.61. The van der Waals surface area contributed by atoms with Gasteiger partial charge in [0.25, 0.3) is 0 Å². The third-order valence-corrected chi connectivity index (χ3v) is 7.79. The molecule has 166 valence electrons. The van der Waals surface area contributed by atoms with Crippen LogP contribution in [-0.2, 0) is 0 Å². The van der Waals surface area contributed by atoms with Gasteiger partial charge in [-0.15, -0.1) is 16.4 Å². The maximum absolute atomic E-state index is 6.70. The van der Waals surface area contributed by atoms with Crippen molar-refractivity contribution in [2.24, 2.45) is 0 Å². The molecule has 0 saturated heterocycles. The van der Waals surface area contributed by atoms with Gasteiger partial charge in [-0.3, -0.25) is 0 Å². The summed E-state index contributed by atoms with van der Waals surface area (Å²) in [5.74, 6) is 2.32. The van der Waals surface area contributed by atoms with E-state index in [-0.39, 0.29) is 12.1 Å². The minimum atomic E-state index is -0.378. The summed E-state index contributed by atoms with van der Waals surface area (Å²) in [7, 11) is 1.69. The van der Waals surface area contributed by atoms with Crippen LogP contribution in [0.1, 0.15) is 28.1 Å².